The molecule has 3 rings (SSSR count). The molecule has 0 aliphatic carbocycles. The van der Waals surface area contributed by atoms with Gasteiger partial charge in [-0.2, -0.15) is 4.31 Å². The van der Waals surface area contributed by atoms with Crippen molar-refractivity contribution in [1.82, 2.24) is 9.62 Å². The number of nitrogens with zero attached hydrogens (tertiary/aromatic N) is 1. The van der Waals surface area contributed by atoms with Gasteiger partial charge in [0, 0.05) is 24.9 Å². The lowest BCUT2D eigenvalue weighted by Crippen LogP contribution is -2.41. The smallest absolute Gasteiger partial charge is 0.252 e. The van der Waals surface area contributed by atoms with Crippen LogP contribution in [0.5, 0.6) is 0 Å². The number of rotatable bonds is 5. The Morgan fingerprint density at radius 2 is 2.04 bits per heavy atom. The van der Waals surface area contributed by atoms with Gasteiger partial charge in [-0.1, -0.05) is 12.1 Å². The molecule has 1 fully saturated rings. The summed E-state index contributed by atoms with van der Waals surface area (Å²) in [5.74, 6) is -0.516. The number of sulfonamides is 1. The van der Waals surface area contributed by atoms with Gasteiger partial charge in [0.25, 0.3) is 10.0 Å². The third kappa shape index (κ3) is 4.29. The second-order valence-corrected chi connectivity index (χ2v) is 9.24. The van der Waals surface area contributed by atoms with E-state index in [1.54, 1.807) is 24.3 Å². The quantitative estimate of drug-likeness (QED) is 0.839. The Bertz CT molecular complexity index is 880. The highest BCUT2D eigenvalue weighted by atomic mass is 32.2. The second-order valence-electron chi connectivity index (χ2n) is 5.90. The maximum atomic E-state index is 13.1. The Hall–Kier alpha value is -1.81. The SMILES string of the molecule is CC(=O)NCc1ccc(S(=O)(=O)N2CCOC(c3ccc(F)cc3)C2)s1. The lowest BCUT2D eigenvalue weighted by Gasteiger charge is -2.32. The highest BCUT2D eigenvalue weighted by Crippen LogP contribution is 2.29. The molecule has 1 atom stereocenters. The monoisotopic (exact) mass is 398 g/mol. The minimum absolute atomic E-state index is 0.168. The fraction of sp³-hybridized carbons (Fsp3) is 0.353. The van der Waals surface area contributed by atoms with Crippen molar-refractivity contribution in [2.45, 2.75) is 23.8 Å². The van der Waals surface area contributed by atoms with Gasteiger partial charge in [0.2, 0.25) is 5.91 Å². The Morgan fingerprint density at radius 1 is 1.31 bits per heavy atom. The predicted molar refractivity (Wildman–Crippen MR) is 95.7 cm³/mol. The molecule has 26 heavy (non-hydrogen) atoms. The van der Waals surface area contributed by atoms with Crippen LogP contribution in [0.3, 0.4) is 0 Å². The first-order valence-corrected chi connectivity index (χ1v) is 10.3. The number of ether oxygens (including phenoxy) is 1. The van der Waals surface area contributed by atoms with E-state index >= 15 is 0 Å². The van der Waals surface area contributed by atoms with Gasteiger partial charge >= 0.3 is 0 Å². The van der Waals surface area contributed by atoms with Crippen molar-refractivity contribution in [1.29, 1.82) is 0 Å². The summed E-state index contributed by atoms with van der Waals surface area (Å²) in [6.07, 6.45) is -0.432. The van der Waals surface area contributed by atoms with Crippen LogP contribution in [-0.4, -0.2) is 38.3 Å². The van der Waals surface area contributed by atoms with Crippen molar-refractivity contribution in [3.63, 3.8) is 0 Å². The molecule has 1 N–H and O–H groups in total. The van der Waals surface area contributed by atoms with Gasteiger partial charge < -0.3 is 10.1 Å². The molecule has 1 aromatic heterocycles. The van der Waals surface area contributed by atoms with E-state index in [9.17, 15) is 17.6 Å². The molecule has 1 unspecified atom stereocenters. The van der Waals surface area contributed by atoms with E-state index in [4.69, 9.17) is 4.74 Å². The molecule has 2 heterocycles. The van der Waals surface area contributed by atoms with Crippen molar-refractivity contribution in [2.24, 2.45) is 0 Å². The molecule has 1 saturated heterocycles. The Kier molecular flexibility index (Phi) is 5.71. The molecule has 1 aromatic carbocycles. The molecule has 1 aliphatic heterocycles. The fourth-order valence-electron chi connectivity index (χ4n) is 2.65. The third-order valence-electron chi connectivity index (χ3n) is 4.01. The first kappa shape index (κ1) is 19.0. The summed E-state index contributed by atoms with van der Waals surface area (Å²) >= 11 is 1.14. The van der Waals surface area contributed by atoms with E-state index in [1.807, 2.05) is 0 Å². The number of hydrogen-bond acceptors (Lipinski definition) is 5. The van der Waals surface area contributed by atoms with Crippen LogP contribution in [0.25, 0.3) is 0 Å². The van der Waals surface area contributed by atoms with Crippen LogP contribution in [0.1, 0.15) is 23.5 Å². The zero-order valence-corrected chi connectivity index (χ0v) is 15.8. The van der Waals surface area contributed by atoms with Crippen LogP contribution >= 0.6 is 11.3 Å². The maximum Gasteiger partial charge on any atom is 0.252 e. The van der Waals surface area contributed by atoms with Gasteiger partial charge in [-0.25, -0.2) is 12.8 Å². The van der Waals surface area contributed by atoms with Crippen LogP contribution < -0.4 is 5.32 Å². The van der Waals surface area contributed by atoms with Crippen molar-refractivity contribution in [2.75, 3.05) is 19.7 Å². The summed E-state index contributed by atoms with van der Waals surface area (Å²) in [5.41, 5.74) is 0.740. The molecule has 2 aromatic rings. The first-order valence-electron chi connectivity index (χ1n) is 8.06. The van der Waals surface area contributed by atoms with Crippen molar-refractivity contribution >= 4 is 27.3 Å². The Balaban J connectivity index is 1.74. The molecule has 1 aliphatic rings. The summed E-state index contributed by atoms with van der Waals surface area (Å²) < 4.78 is 46.2. The molecule has 9 heteroatoms. The number of amides is 1. The number of carbonyl (C=O) groups is 1. The summed E-state index contributed by atoms with van der Waals surface area (Å²) in [6.45, 7) is 2.42. The molecule has 0 spiro atoms. The minimum atomic E-state index is -3.64. The van der Waals surface area contributed by atoms with Crippen molar-refractivity contribution in [3.05, 3.63) is 52.7 Å². The third-order valence-corrected chi connectivity index (χ3v) is 7.43. The normalized spacial score (nSPS) is 18.6. The van der Waals surface area contributed by atoms with Crippen LogP contribution in [0, 0.1) is 5.82 Å². The molecule has 140 valence electrons. The molecule has 6 nitrogen and oxygen atoms in total. The van der Waals surface area contributed by atoms with E-state index in [1.165, 1.54) is 23.4 Å². The van der Waals surface area contributed by atoms with Gasteiger partial charge in [-0.3, -0.25) is 4.79 Å². The van der Waals surface area contributed by atoms with Crippen LogP contribution in [-0.2, 0) is 26.1 Å². The van der Waals surface area contributed by atoms with Crippen molar-refractivity contribution < 1.29 is 22.3 Å². The van der Waals surface area contributed by atoms with Gasteiger partial charge in [0.1, 0.15) is 10.0 Å². The van der Waals surface area contributed by atoms with Gasteiger partial charge in [0.15, 0.2) is 0 Å². The van der Waals surface area contributed by atoms with E-state index < -0.39 is 16.1 Å². The highest BCUT2D eigenvalue weighted by molar-refractivity contribution is 7.91. The molecule has 1 amide bonds. The number of carbonyl (C=O) groups excluding carboxylic acids is 1. The zero-order valence-electron chi connectivity index (χ0n) is 14.1. The first-order chi connectivity index (χ1) is 12.4. The molecule has 0 bridgehead atoms. The summed E-state index contributed by atoms with van der Waals surface area (Å²) in [6, 6.07) is 9.13. The number of hydrogen-bond donors (Lipinski definition) is 1. The number of halogens is 1. The standard InChI is InChI=1S/C17H19FN2O4S2/c1-12(21)19-10-15-6-7-17(25-15)26(22,23)20-8-9-24-16(11-20)13-2-4-14(18)5-3-13/h2-7,16H,8-11H2,1H3,(H,19,21). The lowest BCUT2D eigenvalue weighted by atomic mass is 10.1. The van der Waals surface area contributed by atoms with E-state index in [0.29, 0.717) is 6.54 Å². The number of thiophene rings is 1. The van der Waals surface area contributed by atoms with E-state index in [2.05, 4.69) is 5.32 Å². The lowest BCUT2D eigenvalue weighted by molar-refractivity contribution is -0.119. The molecule has 0 saturated carbocycles. The summed E-state index contributed by atoms with van der Waals surface area (Å²) in [5, 5.41) is 2.65. The maximum absolute atomic E-state index is 13.1. The van der Waals surface area contributed by atoms with E-state index in [0.717, 1.165) is 21.8 Å². The number of morpholine rings is 1. The van der Waals surface area contributed by atoms with Gasteiger partial charge in [-0.15, -0.1) is 11.3 Å². The summed E-state index contributed by atoms with van der Waals surface area (Å²) in [7, 11) is -3.64. The second kappa shape index (κ2) is 7.83. The topological polar surface area (TPSA) is 75.7 Å². The summed E-state index contributed by atoms with van der Waals surface area (Å²) in [4.78, 5) is 11.8. The predicted octanol–water partition coefficient (Wildman–Crippen LogP) is 2.29. The molecular weight excluding hydrogens is 379 g/mol. The Labute approximate surface area is 155 Å². The zero-order chi connectivity index (χ0) is 18.7. The molecule has 0 radical (unpaired) electrons. The van der Waals surface area contributed by atoms with Crippen LogP contribution in [0.4, 0.5) is 4.39 Å². The highest BCUT2D eigenvalue weighted by Gasteiger charge is 2.32. The van der Waals surface area contributed by atoms with E-state index in [-0.39, 0.29) is 35.6 Å². The number of nitrogens with one attached hydrogen (secondary N) is 1. The fourth-order valence-corrected chi connectivity index (χ4v) is 5.53. The van der Waals surface area contributed by atoms with Crippen LogP contribution in [0.2, 0.25) is 0 Å². The molecular formula is C17H19FN2O4S2. The van der Waals surface area contributed by atoms with Crippen molar-refractivity contribution in [3.8, 4) is 0 Å². The average Bonchev–Trinajstić information content (AvgIpc) is 3.10. The Morgan fingerprint density at radius 3 is 2.73 bits per heavy atom. The van der Waals surface area contributed by atoms with Gasteiger partial charge in [0.05, 0.1) is 19.3 Å². The van der Waals surface area contributed by atoms with Gasteiger partial charge in [-0.05, 0) is 29.8 Å². The minimum Gasteiger partial charge on any atom is -0.371 e. The largest absolute Gasteiger partial charge is 0.371 e. The van der Waals surface area contributed by atoms with Crippen LogP contribution in [0.15, 0.2) is 40.6 Å². The number of benzene rings is 1. The average molecular weight is 398 g/mol.